The molecule has 7 nitrogen and oxygen atoms in total. The maximum atomic E-state index is 11.8. The molecule has 0 aliphatic carbocycles. The first-order valence-electron chi connectivity index (χ1n) is 9.69. The van der Waals surface area contributed by atoms with Gasteiger partial charge in [-0.2, -0.15) is 13.2 Å². The fraction of sp³-hybridized carbons (Fsp3) is 0.429. The van der Waals surface area contributed by atoms with Crippen molar-refractivity contribution in [1.29, 1.82) is 0 Å². The quantitative estimate of drug-likeness (QED) is 0.654. The molecule has 2 aromatic rings. The lowest BCUT2D eigenvalue weighted by molar-refractivity contribution is -0.192. The fourth-order valence-corrected chi connectivity index (χ4v) is 3.02. The average Bonchev–Trinajstić information content (AvgIpc) is 2.68. The predicted molar refractivity (Wildman–Crippen MR) is 108 cm³/mol. The van der Waals surface area contributed by atoms with Gasteiger partial charge in [0.05, 0.1) is 11.7 Å². The maximum Gasteiger partial charge on any atom is 0.490 e. The van der Waals surface area contributed by atoms with E-state index in [4.69, 9.17) is 25.1 Å². The summed E-state index contributed by atoms with van der Waals surface area (Å²) in [7, 11) is 0. The molecule has 1 fully saturated rings. The van der Waals surface area contributed by atoms with Crippen molar-refractivity contribution in [1.82, 2.24) is 5.32 Å². The van der Waals surface area contributed by atoms with Crippen molar-refractivity contribution in [2.45, 2.75) is 45.1 Å². The van der Waals surface area contributed by atoms with Gasteiger partial charge < -0.3 is 25.6 Å². The minimum atomic E-state index is -5.08. The van der Waals surface area contributed by atoms with E-state index < -0.39 is 18.1 Å². The summed E-state index contributed by atoms with van der Waals surface area (Å²) in [4.78, 5) is 20.6. The Bertz CT molecular complexity index is 925. The SMILES string of the molecule is CC(C)Oc1cc2c(O[C@@H]3CCCNC3)cccc2cc1C(N)=O.O=C(O)C(F)(F)F. The van der Waals surface area contributed by atoms with E-state index in [1.165, 1.54) is 0 Å². The smallest absolute Gasteiger partial charge is 0.490 e. The first kappa shape index (κ1) is 24.3. The zero-order valence-electron chi connectivity index (χ0n) is 17.2. The summed E-state index contributed by atoms with van der Waals surface area (Å²) in [6.07, 6.45) is -2.81. The van der Waals surface area contributed by atoms with Gasteiger partial charge in [0.15, 0.2) is 0 Å². The number of aliphatic carboxylic acids is 1. The molecular formula is C21H25F3N2O5. The second-order valence-electron chi connectivity index (χ2n) is 7.25. The van der Waals surface area contributed by atoms with E-state index in [0.717, 1.165) is 42.5 Å². The molecule has 0 bridgehead atoms. The Morgan fingerprint density at radius 1 is 1.23 bits per heavy atom. The normalized spacial score (nSPS) is 16.4. The van der Waals surface area contributed by atoms with Crippen molar-refractivity contribution in [2.75, 3.05) is 13.1 Å². The van der Waals surface area contributed by atoms with Crippen LogP contribution in [0.3, 0.4) is 0 Å². The van der Waals surface area contributed by atoms with Crippen LogP contribution in [-0.4, -0.2) is 48.5 Å². The molecular weight excluding hydrogens is 417 g/mol. The van der Waals surface area contributed by atoms with Crippen LogP contribution in [-0.2, 0) is 4.79 Å². The number of rotatable bonds is 5. The molecule has 0 aromatic heterocycles. The molecule has 170 valence electrons. The van der Waals surface area contributed by atoms with Crippen LogP contribution in [0.5, 0.6) is 11.5 Å². The third kappa shape index (κ3) is 7.02. The van der Waals surface area contributed by atoms with E-state index >= 15 is 0 Å². The number of primary amides is 1. The van der Waals surface area contributed by atoms with E-state index in [9.17, 15) is 18.0 Å². The Hall–Kier alpha value is -3.01. The van der Waals surface area contributed by atoms with Crippen molar-refractivity contribution in [3.63, 3.8) is 0 Å². The lowest BCUT2D eigenvalue weighted by Gasteiger charge is -2.25. The molecule has 10 heteroatoms. The van der Waals surface area contributed by atoms with Crippen LogP contribution in [0, 0.1) is 0 Å². The fourth-order valence-electron chi connectivity index (χ4n) is 3.02. The molecule has 4 N–H and O–H groups in total. The van der Waals surface area contributed by atoms with Crippen molar-refractivity contribution < 1.29 is 37.3 Å². The first-order chi connectivity index (χ1) is 14.5. The number of benzene rings is 2. The van der Waals surface area contributed by atoms with Crippen LogP contribution in [0.4, 0.5) is 13.2 Å². The van der Waals surface area contributed by atoms with Crippen molar-refractivity contribution in [3.05, 3.63) is 35.9 Å². The molecule has 1 saturated heterocycles. The molecule has 1 aliphatic rings. The highest BCUT2D eigenvalue weighted by atomic mass is 19.4. The van der Waals surface area contributed by atoms with Gasteiger partial charge in [0.2, 0.25) is 0 Å². The average molecular weight is 442 g/mol. The summed E-state index contributed by atoms with van der Waals surface area (Å²) in [5.74, 6) is -1.93. The number of piperidine rings is 1. The molecule has 0 spiro atoms. The largest absolute Gasteiger partial charge is 0.490 e. The van der Waals surface area contributed by atoms with Gasteiger partial charge in [-0.05, 0) is 56.8 Å². The third-order valence-electron chi connectivity index (χ3n) is 4.36. The van der Waals surface area contributed by atoms with Gasteiger partial charge >= 0.3 is 12.1 Å². The van der Waals surface area contributed by atoms with Gasteiger partial charge in [-0.1, -0.05) is 12.1 Å². The number of alkyl halides is 3. The zero-order valence-corrected chi connectivity index (χ0v) is 17.2. The lowest BCUT2D eigenvalue weighted by Crippen LogP contribution is -2.37. The summed E-state index contributed by atoms with van der Waals surface area (Å²) in [6.45, 7) is 5.74. The number of hydrogen-bond donors (Lipinski definition) is 3. The number of amides is 1. The summed E-state index contributed by atoms with van der Waals surface area (Å²) < 4.78 is 43.7. The van der Waals surface area contributed by atoms with Crippen LogP contribution < -0.4 is 20.5 Å². The van der Waals surface area contributed by atoms with Crippen LogP contribution in [0.25, 0.3) is 10.8 Å². The second kappa shape index (κ2) is 10.3. The van der Waals surface area contributed by atoms with E-state index in [0.29, 0.717) is 11.3 Å². The molecule has 2 aromatic carbocycles. The summed E-state index contributed by atoms with van der Waals surface area (Å²) in [6, 6.07) is 9.48. The predicted octanol–water partition coefficient (Wildman–Crippen LogP) is 3.49. The van der Waals surface area contributed by atoms with Gasteiger partial charge in [0, 0.05) is 11.9 Å². The van der Waals surface area contributed by atoms with E-state index in [-0.39, 0.29) is 12.2 Å². The number of carboxylic acid groups (broad SMARTS) is 1. The number of carbonyl (C=O) groups is 2. The monoisotopic (exact) mass is 442 g/mol. The van der Waals surface area contributed by atoms with Crippen LogP contribution in [0.15, 0.2) is 30.3 Å². The molecule has 0 radical (unpaired) electrons. The van der Waals surface area contributed by atoms with E-state index in [1.54, 1.807) is 6.07 Å². The zero-order chi connectivity index (χ0) is 23.2. The van der Waals surface area contributed by atoms with E-state index in [1.807, 2.05) is 38.1 Å². The van der Waals surface area contributed by atoms with Crippen LogP contribution in [0.2, 0.25) is 0 Å². The lowest BCUT2D eigenvalue weighted by atomic mass is 10.0. The Balaban J connectivity index is 0.000000423. The second-order valence-corrected chi connectivity index (χ2v) is 7.25. The molecule has 31 heavy (non-hydrogen) atoms. The number of ether oxygens (including phenoxy) is 2. The van der Waals surface area contributed by atoms with Crippen molar-refractivity contribution in [2.24, 2.45) is 5.73 Å². The Labute approximate surface area is 177 Å². The number of hydrogen-bond acceptors (Lipinski definition) is 5. The number of carbonyl (C=O) groups excluding carboxylic acids is 1. The number of nitrogens with one attached hydrogen (secondary N) is 1. The Morgan fingerprint density at radius 3 is 2.42 bits per heavy atom. The highest BCUT2D eigenvalue weighted by Crippen LogP contribution is 2.33. The van der Waals surface area contributed by atoms with Crippen molar-refractivity contribution in [3.8, 4) is 11.5 Å². The molecule has 0 unspecified atom stereocenters. The topological polar surface area (TPSA) is 111 Å². The molecule has 1 heterocycles. The molecule has 1 amide bonds. The minimum Gasteiger partial charge on any atom is -0.490 e. The van der Waals surface area contributed by atoms with Gasteiger partial charge in [-0.25, -0.2) is 4.79 Å². The maximum absolute atomic E-state index is 11.8. The van der Waals surface area contributed by atoms with E-state index in [2.05, 4.69) is 5.32 Å². The Morgan fingerprint density at radius 2 is 1.90 bits per heavy atom. The summed E-state index contributed by atoms with van der Waals surface area (Å²) in [5, 5.41) is 12.3. The highest BCUT2D eigenvalue weighted by molar-refractivity contribution is 6.02. The van der Waals surface area contributed by atoms with Gasteiger partial charge in [-0.3, -0.25) is 4.79 Å². The van der Waals surface area contributed by atoms with Gasteiger partial charge in [-0.15, -0.1) is 0 Å². The number of halogens is 3. The number of nitrogens with two attached hydrogens (primary N) is 1. The van der Waals surface area contributed by atoms with Gasteiger partial charge in [0.25, 0.3) is 5.91 Å². The van der Waals surface area contributed by atoms with Crippen LogP contribution >= 0.6 is 0 Å². The standard InChI is InChI=1S/C19H24N2O3.C2HF3O2/c1-12(2)23-18-10-15-13(9-16(18)19(20)22)5-3-7-17(15)24-14-6-4-8-21-11-14;3-2(4,5)1(6)7/h3,5,7,9-10,12,14,21H,4,6,8,11H2,1-2H3,(H2,20,22);(H,6,7)/t14-;/m1./s1. The molecule has 3 rings (SSSR count). The summed E-state index contributed by atoms with van der Waals surface area (Å²) in [5.41, 5.74) is 5.91. The summed E-state index contributed by atoms with van der Waals surface area (Å²) >= 11 is 0. The van der Waals surface area contributed by atoms with Crippen molar-refractivity contribution >= 4 is 22.6 Å². The molecule has 1 aliphatic heterocycles. The molecule has 1 atom stereocenters. The number of carboxylic acids is 1. The van der Waals surface area contributed by atoms with Crippen LogP contribution in [0.1, 0.15) is 37.0 Å². The highest BCUT2D eigenvalue weighted by Gasteiger charge is 2.38. The number of fused-ring (bicyclic) bond motifs is 1. The molecule has 0 saturated carbocycles. The van der Waals surface area contributed by atoms with Gasteiger partial charge in [0.1, 0.15) is 17.6 Å². The first-order valence-corrected chi connectivity index (χ1v) is 9.69. The Kier molecular flexibility index (Phi) is 8.09. The minimum absolute atomic E-state index is 0.0452. The third-order valence-corrected chi connectivity index (χ3v) is 4.36.